The van der Waals surface area contributed by atoms with Crippen molar-refractivity contribution in [2.24, 2.45) is 17.6 Å². The smallest absolute Gasteiger partial charge is 0.405 e. The summed E-state index contributed by atoms with van der Waals surface area (Å²) in [6.45, 7) is 11.1. The molecule has 0 radical (unpaired) electrons. The Labute approximate surface area is 247 Å². The Morgan fingerprint density at radius 3 is 2.52 bits per heavy atom. The summed E-state index contributed by atoms with van der Waals surface area (Å²) in [5.74, 6) is -1.41. The maximum absolute atomic E-state index is 13.0. The van der Waals surface area contributed by atoms with Crippen LogP contribution in [0.2, 0.25) is 0 Å². The lowest BCUT2D eigenvalue weighted by molar-refractivity contribution is -0.112. The molecule has 0 fully saturated rings. The minimum Gasteiger partial charge on any atom is -0.506 e. The van der Waals surface area contributed by atoms with E-state index in [1.165, 1.54) is 26.4 Å². The van der Waals surface area contributed by atoms with Crippen LogP contribution in [0.15, 0.2) is 54.2 Å². The van der Waals surface area contributed by atoms with E-state index < -0.39 is 42.3 Å². The molecule has 0 aliphatic carbocycles. The van der Waals surface area contributed by atoms with Gasteiger partial charge in [-0.15, -0.1) is 6.58 Å². The van der Waals surface area contributed by atoms with Crippen molar-refractivity contribution in [2.45, 2.75) is 65.0 Å². The lowest BCUT2D eigenvalue weighted by Gasteiger charge is -2.29. The zero-order chi connectivity index (χ0) is 31.6. The molecule has 1 aliphatic rings. The number of rotatable bonds is 6. The quantitative estimate of drug-likeness (QED) is 0.162. The first kappa shape index (κ1) is 34.4. The first-order valence-corrected chi connectivity index (χ1v) is 13.8. The van der Waals surface area contributed by atoms with Crippen molar-refractivity contribution < 1.29 is 39.1 Å². The molecule has 7 N–H and O–H groups in total. The van der Waals surface area contributed by atoms with E-state index in [-0.39, 0.29) is 23.1 Å². The van der Waals surface area contributed by atoms with Crippen LogP contribution in [0.1, 0.15) is 39.7 Å². The molecule has 2 bridgehead atoms. The molecule has 232 valence electrons. The van der Waals surface area contributed by atoms with Crippen LogP contribution in [-0.2, 0) is 25.4 Å². The Morgan fingerprint density at radius 1 is 1.24 bits per heavy atom. The van der Waals surface area contributed by atoms with Crippen molar-refractivity contribution in [3.63, 3.8) is 0 Å². The van der Waals surface area contributed by atoms with E-state index in [4.69, 9.17) is 19.9 Å². The minimum absolute atomic E-state index is 0.0416. The molecule has 2 rings (SSSR count). The van der Waals surface area contributed by atoms with Crippen LogP contribution in [0.5, 0.6) is 11.5 Å². The van der Waals surface area contributed by atoms with Gasteiger partial charge in [-0.25, -0.2) is 4.79 Å². The summed E-state index contributed by atoms with van der Waals surface area (Å²) in [5, 5.41) is 39.1. The number of amides is 2. The first-order valence-electron chi connectivity index (χ1n) is 13.8. The Kier molecular flexibility index (Phi) is 13.1. The molecule has 42 heavy (non-hydrogen) atoms. The third-order valence-electron chi connectivity index (χ3n) is 7.25. The fourth-order valence-electron chi connectivity index (χ4n) is 4.98. The van der Waals surface area contributed by atoms with Gasteiger partial charge in [0.2, 0.25) is 0 Å². The second kappa shape index (κ2) is 16.0. The van der Waals surface area contributed by atoms with Gasteiger partial charge in [-0.2, -0.15) is 0 Å². The van der Waals surface area contributed by atoms with Gasteiger partial charge < -0.3 is 45.9 Å². The average molecular weight is 588 g/mol. The number of carbonyl (C=O) groups is 2. The van der Waals surface area contributed by atoms with Gasteiger partial charge in [0.25, 0.3) is 5.91 Å². The van der Waals surface area contributed by atoms with Crippen molar-refractivity contribution in [1.82, 2.24) is 0 Å². The molecule has 0 spiro atoms. The number of primary amides is 1. The van der Waals surface area contributed by atoms with E-state index in [1.54, 1.807) is 38.2 Å². The maximum Gasteiger partial charge on any atom is 0.405 e. The number of anilines is 2. The van der Waals surface area contributed by atoms with Crippen LogP contribution in [0.25, 0.3) is 0 Å². The van der Waals surface area contributed by atoms with Gasteiger partial charge >= 0.3 is 6.09 Å². The monoisotopic (exact) mass is 587 g/mol. The van der Waals surface area contributed by atoms with E-state index in [2.05, 4.69) is 17.2 Å². The van der Waals surface area contributed by atoms with Crippen molar-refractivity contribution in [2.75, 3.05) is 31.4 Å². The van der Waals surface area contributed by atoms with E-state index >= 15 is 0 Å². The summed E-state index contributed by atoms with van der Waals surface area (Å²) < 4.78 is 16.6. The third-order valence-corrected chi connectivity index (χ3v) is 7.25. The average Bonchev–Trinajstić information content (AvgIpc) is 2.94. The Morgan fingerprint density at radius 2 is 1.93 bits per heavy atom. The Balaban J connectivity index is 2.67. The number of benzene rings is 1. The van der Waals surface area contributed by atoms with Gasteiger partial charge in [0.15, 0.2) is 6.10 Å². The minimum atomic E-state index is -0.990. The van der Waals surface area contributed by atoms with Gasteiger partial charge in [0, 0.05) is 43.9 Å². The molecule has 0 saturated carbocycles. The molecule has 0 saturated heterocycles. The summed E-state index contributed by atoms with van der Waals surface area (Å²) >= 11 is 0. The van der Waals surface area contributed by atoms with Gasteiger partial charge in [-0.1, -0.05) is 44.2 Å². The van der Waals surface area contributed by atoms with Gasteiger partial charge in [-0.05, 0) is 38.2 Å². The summed E-state index contributed by atoms with van der Waals surface area (Å²) in [4.78, 5) is 24.7. The van der Waals surface area contributed by atoms with Crippen LogP contribution in [0.4, 0.5) is 16.2 Å². The van der Waals surface area contributed by atoms with E-state index in [0.717, 1.165) is 0 Å². The van der Waals surface area contributed by atoms with E-state index in [9.17, 15) is 24.9 Å². The zero-order valence-corrected chi connectivity index (χ0v) is 25.2. The number of phenols is 2. The van der Waals surface area contributed by atoms with Gasteiger partial charge in [-0.3, -0.25) is 4.79 Å². The number of nitrogens with two attached hydrogens (primary N) is 1. The van der Waals surface area contributed by atoms with Crippen LogP contribution in [-0.4, -0.2) is 72.5 Å². The van der Waals surface area contributed by atoms with Crippen LogP contribution < -0.4 is 16.4 Å². The number of hydrogen-bond acceptors (Lipinski definition) is 9. The van der Waals surface area contributed by atoms with Crippen molar-refractivity contribution >= 4 is 23.4 Å². The van der Waals surface area contributed by atoms with Gasteiger partial charge in [0.05, 0.1) is 23.6 Å². The predicted molar refractivity (Wildman–Crippen MR) is 162 cm³/mol. The highest BCUT2D eigenvalue weighted by molar-refractivity contribution is 6.04. The number of carbonyl (C=O) groups excluding carboxylic acids is 2. The highest BCUT2D eigenvalue weighted by Gasteiger charge is 2.30. The van der Waals surface area contributed by atoms with Crippen LogP contribution in [0.3, 0.4) is 0 Å². The number of aliphatic hydroxyl groups excluding tert-OH is 1. The summed E-state index contributed by atoms with van der Waals surface area (Å²) in [6, 6.07) is 1.28. The standard InChI is InChI=1S/C31H45N3O8/c1-8-12-33-26-21-13-17(2)14-25(41-7)27(36)19(4)15-20(5)29(42-31(32)39)24(40-6)11-9-10-18(3)30(38)34-22(28(21)37)16-23(26)35/h8-11,15-17,19,24-25,27,29,33,35-37H,1,12-14H2,2-7H3,(H2,32,39)(H,34,38)/b11-9-,18-10-,20-15+/t17-,19-,24-,25-,27+,29-/m0/s1. The predicted octanol–water partition coefficient (Wildman–Crippen LogP) is 4.16. The van der Waals surface area contributed by atoms with E-state index in [0.29, 0.717) is 41.8 Å². The Hall–Kier alpha value is -3.80. The van der Waals surface area contributed by atoms with E-state index in [1.807, 2.05) is 13.8 Å². The molecule has 11 nitrogen and oxygen atoms in total. The zero-order valence-electron chi connectivity index (χ0n) is 25.2. The topological polar surface area (TPSA) is 173 Å². The molecule has 1 aromatic carbocycles. The number of aliphatic hydroxyl groups is 1. The number of nitrogens with one attached hydrogen (secondary N) is 2. The summed E-state index contributed by atoms with van der Waals surface area (Å²) in [7, 11) is 2.95. The first-order chi connectivity index (χ1) is 19.8. The lowest BCUT2D eigenvalue weighted by Crippen LogP contribution is -2.37. The molecular formula is C31H45N3O8. The molecule has 1 aliphatic heterocycles. The number of methoxy groups -OCH3 is 2. The summed E-state index contributed by atoms with van der Waals surface area (Å²) in [5.41, 5.74) is 7.01. The molecular weight excluding hydrogens is 542 g/mol. The number of hydrogen-bond donors (Lipinski definition) is 6. The van der Waals surface area contributed by atoms with Crippen molar-refractivity contribution in [3.05, 3.63) is 59.7 Å². The maximum atomic E-state index is 13.0. The van der Waals surface area contributed by atoms with Crippen molar-refractivity contribution in [1.29, 1.82) is 0 Å². The Bertz CT molecular complexity index is 1210. The molecule has 6 atom stereocenters. The highest BCUT2D eigenvalue weighted by atomic mass is 16.6. The fraction of sp³-hybridized carbons (Fsp3) is 0.484. The number of fused-ring (bicyclic) bond motifs is 2. The number of ether oxygens (including phenoxy) is 3. The number of allylic oxidation sites excluding steroid dienone is 2. The molecule has 1 heterocycles. The molecule has 1 aromatic rings. The van der Waals surface area contributed by atoms with Crippen LogP contribution >= 0.6 is 0 Å². The second-order valence-corrected chi connectivity index (χ2v) is 10.6. The number of phenolic OH excluding ortho intramolecular Hbond substituents is 2. The van der Waals surface area contributed by atoms with Crippen LogP contribution in [0, 0.1) is 11.8 Å². The number of aromatic hydroxyl groups is 2. The lowest BCUT2D eigenvalue weighted by atomic mass is 9.87. The summed E-state index contributed by atoms with van der Waals surface area (Å²) in [6.07, 6.45) is 4.64. The van der Waals surface area contributed by atoms with Gasteiger partial charge in [0.1, 0.15) is 17.6 Å². The molecule has 0 unspecified atom stereocenters. The normalized spacial score (nSPS) is 29.3. The molecule has 2 amide bonds. The molecule has 0 aromatic heterocycles. The SMILES string of the molecule is C=CCNc1c(O)cc2c(O)c1C[C@H](C)C[C@H](OC)[C@H](O)[C@@H](C)/C=C(\C)[C@H](OC(N)=O)[C@@H](OC)/C=C\C=C(\C)C(=O)N2. The largest absolute Gasteiger partial charge is 0.506 e. The van der Waals surface area contributed by atoms with Crippen molar-refractivity contribution in [3.8, 4) is 11.5 Å². The molecule has 11 heteroatoms. The third kappa shape index (κ3) is 9.10. The fourth-order valence-corrected chi connectivity index (χ4v) is 4.98. The highest BCUT2D eigenvalue weighted by Crippen LogP contribution is 2.42. The second-order valence-electron chi connectivity index (χ2n) is 10.6.